The van der Waals surface area contributed by atoms with E-state index in [1.54, 1.807) is 0 Å². The maximum Gasteiger partial charge on any atom is 0.109 e. The SMILES string of the molecule is NN1C[C@H](O)[C@@H](O)[C@H](O)[C@H]1CO. The zero-order valence-electron chi connectivity index (χ0n) is 6.54. The Morgan fingerprint density at radius 1 is 1.25 bits per heavy atom. The molecule has 1 saturated heterocycles. The minimum Gasteiger partial charge on any atom is -0.395 e. The van der Waals surface area contributed by atoms with Gasteiger partial charge in [-0.3, -0.25) is 5.84 Å². The number of aliphatic hydroxyl groups is 4. The lowest BCUT2D eigenvalue weighted by atomic mass is 9.96. The summed E-state index contributed by atoms with van der Waals surface area (Å²) in [6.07, 6.45) is -3.50. The van der Waals surface area contributed by atoms with Gasteiger partial charge in [-0.25, -0.2) is 5.01 Å². The molecule has 1 heterocycles. The summed E-state index contributed by atoms with van der Waals surface area (Å²) in [6, 6.07) is -0.705. The Kier molecular flexibility index (Phi) is 2.99. The molecule has 72 valence electrons. The van der Waals surface area contributed by atoms with Crippen LogP contribution in [-0.4, -0.2) is 62.9 Å². The topological polar surface area (TPSA) is 110 Å². The first-order valence-electron chi connectivity index (χ1n) is 3.74. The van der Waals surface area contributed by atoms with E-state index in [1.807, 2.05) is 0 Å². The third kappa shape index (κ3) is 1.58. The Morgan fingerprint density at radius 2 is 1.83 bits per heavy atom. The van der Waals surface area contributed by atoms with E-state index in [0.717, 1.165) is 5.01 Å². The van der Waals surface area contributed by atoms with E-state index in [0.29, 0.717) is 0 Å². The van der Waals surface area contributed by atoms with Crippen LogP contribution in [0.1, 0.15) is 0 Å². The highest BCUT2D eigenvalue weighted by atomic mass is 16.4. The molecule has 0 aromatic carbocycles. The molecule has 0 saturated carbocycles. The number of β-amino-alcohol motifs (C(OH)–C–C–N with tert-alkyl or cyclic N) is 1. The largest absolute Gasteiger partial charge is 0.395 e. The minimum atomic E-state index is -1.23. The molecule has 0 bridgehead atoms. The molecular weight excluding hydrogens is 164 g/mol. The molecule has 6 N–H and O–H groups in total. The Balaban J connectivity index is 2.65. The van der Waals surface area contributed by atoms with E-state index >= 15 is 0 Å². The van der Waals surface area contributed by atoms with E-state index in [9.17, 15) is 10.2 Å². The fraction of sp³-hybridized carbons (Fsp3) is 1.00. The van der Waals surface area contributed by atoms with Crippen LogP contribution < -0.4 is 5.84 Å². The molecular formula is C6H14N2O4. The number of piperidine rings is 1. The summed E-state index contributed by atoms with van der Waals surface area (Å²) >= 11 is 0. The Labute approximate surface area is 69.8 Å². The molecule has 12 heavy (non-hydrogen) atoms. The van der Waals surface area contributed by atoms with Crippen LogP contribution in [0.5, 0.6) is 0 Å². The summed E-state index contributed by atoms with van der Waals surface area (Å²) in [4.78, 5) is 0. The van der Waals surface area contributed by atoms with E-state index < -0.39 is 24.4 Å². The van der Waals surface area contributed by atoms with Gasteiger partial charge in [-0.2, -0.15) is 0 Å². The molecule has 0 amide bonds. The Bertz CT molecular complexity index is 156. The number of hydrogen-bond acceptors (Lipinski definition) is 6. The molecule has 0 aromatic heterocycles. The predicted molar refractivity (Wildman–Crippen MR) is 39.8 cm³/mol. The van der Waals surface area contributed by atoms with Gasteiger partial charge in [0, 0.05) is 6.54 Å². The van der Waals surface area contributed by atoms with Crippen molar-refractivity contribution in [2.24, 2.45) is 5.84 Å². The highest BCUT2D eigenvalue weighted by Gasteiger charge is 2.39. The van der Waals surface area contributed by atoms with Gasteiger partial charge in [0.05, 0.1) is 18.8 Å². The second-order valence-corrected chi connectivity index (χ2v) is 3.00. The molecule has 1 aliphatic rings. The van der Waals surface area contributed by atoms with Crippen LogP contribution in [0, 0.1) is 0 Å². The lowest BCUT2D eigenvalue weighted by Crippen LogP contribution is -2.64. The molecule has 6 nitrogen and oxygen atoms in total. The first-order valence-corrected chi connectivity index (χ1v) is 3.74. The zero-order chi connectivity index (χ0) is 9.30. The number of hydrazine groups is 1. The van der Waals surface area contributed by atoms with Crippen molar-refractivity contribution in [3.8, 4) is 0 Å². The van der Waals surface area contributed by atoms with Crippen LogP contribution >= 0.6 is 0 Å². The van der Waals surface area contributed by atoms with Crippen molar-refractivity contribution < 1.29 is 20.4 Å². The lowest BCUT2D eigenvalue weighted by Gasteiger charge is -2.40. The number of nitrogens with zero attached hydrogens (tertiary/aromatic N) is 1. The smallest absolute Gasteiger partial charge is 0.109 e. The summed E-state index contributed by atoms with van der Waals surface area (Å²) in [6.45, 7) is -0.301. The summed E-state index contributed by atoms with van der Waals surface area (Å²) in [7, 11) is 0. The van der Waals surface area contributed by atoms with Crippen LogP contribution in [-0.2, 0) is 0 Å². The van der Waals surface area contributed by atoms with Crippen molar-refractivity contribution in [2.45, 2.75) is 24.4 Å². The van der Waals surface area contributed by atoms with Crippen molar-refractivity contribution in [2.75, 3.05) is 13.2 Å². The standard InChI is InChI=1S/C6H14N2O4/c7-8-1-4(10)6(12)5(11)3(8)2-9/h3-6,9-12H,1-2,7H2/t3-,4+,5-,6-/m1/s1. The van der Waals surface area contributed by atoms with Gasteiger partial charge in [-0.1, -0.05) is 0 Å². The molecule has 1 fully saturated rings. The van der Waals surface area contributed by atoms with E-state index in [4.69, 9.17) is 16.1 Å². The van der Waals surface area contributed by atoms with Gasteiger partial charge in [-0.05, 0) is 0 Å². The second-order valence-electron chi connectivity index (χ2n) is 3.00. The average molecular weight is 178 g/mol. The van der Waals surface area contributed by atoms with E-state index in [1.165, 1.54) is 0 Å². The molecule has 0 aliphatic carbocycles. The highest BCUT2D eigenvalue weighted by Crippen LogP contribution is 2.15. The van der Waals surface area contributed by atoms with Crippen molar-refractivity contribution in [1.29, 1.82) is 0 Å². The molecule has 1 aliphatic heterocycles. The number of aliphatic hydroxyl groups excluding tert-OH is 4. The van der Waals surface area contributed by atoms with Crippen molar-refractivity contribution >= 4 is 0 Å². The van der Waals surface area contributed by atoms with Crippen LogP contribution in [0.2, 0.25) is 0 Å². The van der Waals surface area contributed by atoms with Gasteiger partial charge in [0.1, 0.15) is 12.2 Å². The highest BCUT2D eigenvalue weighted by molar-refractivity contribution is 4.91. The Hall–Kier alpha value is -0.240. The minimum absolute atomic E-state index is 0.0451. The molecule has 1 rings (SSSR count). The number of nitrogens with two attached hydrogens (primary N) is 1. The van der Waals surface area contributed by atoms with Crippen molar-refractivity contribution in [3.05, 3.63) is 0 Å². The first-order chi connectivity index (χ1) is 5.57. The molecule has 6 heteroatoms. The van der Waals surface area contributed by atoms with Crippen LogP contribution in [0.4, 0.5) is 0 Å². The van der Waals surface area contributed by atoms with Gasteiger partial charge in [0.25, 0.3) is 0 Å². The summed E-state index contributed by atoms with van der Waals surface area (Å²) < 4.78 is 0. The summed E-state index contributed by atoms with van der Waals surface area (Å²) in [5.74, 6) is 5.37. The molecule has 0 spiro atoms. The third-order valence-corrected chi connectivity index (χ3v) is 2.15. The van der Waals surface area contributed by atoms with Crippen LogP contribution in [0.15, 0.2) is 0 Å². The van der Waals surface area contributed by atoms with Gasteiger partial charge in [0.15, 0.2) is 0 Å². The Morgan fingerprint density at radius 3 is 2.33 bits per heavy atom. The van der Waals surface area contributed by atoms with E-state index in [-0.39, 0.29) is 13.2 Å². The van der Waals surface area contributed by atoms with Crippen LogP contribution in [0.3, 0.4) is 0 Å². The van der Waals surface area contributed by atoms with Crippen molar-refractivity contribution in [3.63, 3.8) is 0 Å². The van der Waals surface area contributed by atoms with Gasteiger partial charge < -0.3 is 20.4 Å². The van der Waals surface area contributed by atoms with E-state index in [2.05, 4.69) is 0 Å². The van der Waals surface area contributed by atoms with Gasteiger partial charge in [-0.15, -0.1) is 0 Å². The lowest BCUT2D eigenvalue weighted by molar-refractivity contribution is -0.145. The van der Waals surface area contributed by atoms with Gasteiger partial charge >= 0.3 is 0 Å². The maximum atomic E-state index is 9.29. The van der Waals surface area contributed by atoms with Crippen LogP contribution in [0.25, 0.3) is 0 Å². The fourth-order valence-electron chi connectivity index (χ4n) is 1.32. The number of hydrogen-bond donors (Lipinski definition) is 5. The molecule has 4 atom stereocenters. The molecule has 0 aromatic rings. The first kappa shape index (κ1) is 9.85. The third-order valence-electron chi connectivity index (χ3n) is 2.15. The van der Waals surface area contributed by atoms with Crippen molar-refractivity contribution in [1.82, 2.24) is 5.01 Å². The normalized spacial score (nSPS) is 44.8. The second kappa shape index (κ2) is 3.65. The summed E-state index contributed by atoms with van der Waals surface area (Å²) in [5, 5.41) is 37.5. The summed E-state index contributed by atoms with van der Waals surface area (Å²) in [5.41, 5.74) is 0. The molecule has 0 unspecified atom stereocenters. The number of rotatable bonds is 1. The molecule has 0 radical (unpaired) electrons. The monoisotopic (exact) mass is 178 g/mol. The fourth-order valence-corrected chi connectivity index (χ4v) is 1.32. The zero-order valence-corrected chi connectivity index (χ0v) is 6.54. The van der Waals surface area contributed by atoms with Gasteiger partial charge in [0.2, 0.25) is 0 Å². The maximum absolute atomic E-state index is 9.29. The predicted octanol–water partition coefficient (Wildman–Crippen LogP) is -3.38. The average Bonchev–Trinajstić information content (AvgIpc) is 2.01. The quantitative estimate of drug-likeness (QED) is 0.268.